The van der Waals surface area contributed by atoms with E-state index in [4.69, 9.17) is 4.74 Å². The Morgan fingerprint density at radius 2 is 1.71 bits per heavy atom. The topological polar surface area (TPSA) is 24.5 Å². The molecule has 1 heterocycles. The highest BCUT2D eigenvalue weighted by Crippen LogP contribution is 2.42. The van der Waals surface area contributed by atoms with E-state index in [9.17, 15) is 0 Å². The van der Waals surface area contributed by atoms with Crippen molar-refractivity contribution >= 4 is 0 Å². The minimum atomic E-state index is -0.0990. The zero-order chi connectivity index (χ0) is 16.3. The summed E-state index contributed by atoms with van der Waals surface area (Å²) in [5, 5.41) is 3.76. The van der Waals surface area contributed by atoms with Gasteiger partial charge in [-0.1, -0.05) is 20.8 Å². The minimum absolute atomic E-state index is 0.0736. The van der Waals surface area contributed by atoms with Crippen LogP contribution in [0.2, 0.25) is 0 Å². The van der Waals surface area contributed by atoms with E-state index < -0.39 is 0 Å². The summed E-state index contributed by atoms with van der Waals surface area (Å²) in [5.74, 6) is 0.521. The van der Waals surface area contributed by atoms with Gasteiger partial charge in [0.05, 0.1) is 11.2 Å². The Morgan fingerprint density at radius 1 is 1.10 bits per heavy atom. The summed E-state index contributed by atoms with van der Waals surface area (Å²) >= 11 is 0. The summed E-state index contributed by atoms with van der Waals surface area (Å²) in [6, 6.07) is 1.06. The molecule has 0 aromatic rings. The highest BCUT2D eigenvalue weighted by atomic mass is 16.5. The molecule has 0 saturated carbocycles. The molecule has 1 aliphatic rings. The number of nitrogens with zero attached hydrogens (tertiary/aromatic N) is 1. The molecular weight excluding hydrogens is 260 g/mol. The second-order valence-corrected chi connectivity index (χ2v) is 7.69. The number of rotatable bonds is 8. The van der Waals surface area contributed by atoms with Gasteiger partial charge in [-0.25, -0.2) is 0 Å². The van der Waals surface area contributed by atoms with E-state index in [0.29, 0.717) is 18.0 Å². The van der Waals surface area contributed by atoms with Crippen LogP contribution in [0.1, 0.15) is 68.2 Å². The largest absolute Gasteiger partial charge is 0.368 e. The van der Waals surface area contributed by atoms with Crippen molar-refractivity contribution in [2.24, 2.45) is 5.92 Å². The molecule has 1 N–H and O–H groups in total. The maximum absolute atomic E-state index is 6.43. The van der Waals surface area contributed by atoms with E-state index in [1.807, 2.05) is 0 Å². The first-order valence-electron chi connectivity index (χ1n) is 8.87. The minimum Gasteiger partial charge on any atom is -0.368 e. The predicted molar refractivity (Wildman–Crippen MR) is 91.8 cm³/mol. The molecule has 1 aliphatic heterocycles. The van der Waals surface area contributed by atoms with Crippen molar-refractivity contribution < 1.29 is 4.74 Å². The molecule has 1 fully saturated rings. The average molecular weight is 299 g/mol. The van der Waals surface area contributed by atoms with Crippen molar-refractivity contribution in [3.05, 3.63) is 0 Å². The number of hydrogen-bond donors (Lipinski definition) is 1. The van der Waals surface area contributed by atoms with Crippen LogP contribution in [0.25, 0.3) is 0 Å². The number of ether oxygens (including phenoxy) is 1. The van der Waals surface area contributed by atoms with Crippen LogP contribution in [0.4, 0.5) is 0 Å². The molecule has 21 heavy (non-hydrogen) atoms. The molecule has 3 unspecified atom stereocenters. The lowest BCUT2D eigenvalue weighted by molar-refractivity contribution is -0.0801. The van der Waals surface area contributed by atoms with Crippen LogP contribution in [0.5, 0.6) is 0 Å². The lowest BCUT2D eigenvalue weighted by Crippen LogP contribution is -2.52. The van der Waals surface area contributed by atoms with Gasteiger partial charge in [-0.05, 0) is 60.5 Å². The van der Waals surface area contributed by atoms with Crippen LogP contribution in [-0.4, -0.2) is 47.8 Å². The molecule has 1 saturated heterocycles. The zero-order valence-electron chi connectivity index (χ0n) is 15.6. The van der Waals surface area contributed by atoms with E-state index in [1.54, 1.807) is 0 Å². The first-order valence-corrected chi connectivity index (χ1v) is 8.87. The maximum Gasteiger partial charge on any atom is 0.0790 e. The van der Waals surface area contributed by atoms with Crippen LogP contribution in [0.15, 0.2) is 0 Å². The Morgan fingerprint density at radius 3 is 2.19 bits per heavy atom. The lowest BCUT2D eigenvalue weighted by atomic mass is 9.81. The molecule has 3 heteroatoms. The van der Waals surface area contributed by atoms with E-state index >= 15 is 0 Å². The van der Waals surface area contributed by atoms with Crippen molar-refractivity contribution in [1.29, 1.82) is 0 Å². The van der Waals surface area contributed by atoms with E-state index in [-0.39, 0.29) is 11.2 Å². The fraction of sp³-hybridized carbons (Fsp3) is 1.00. The Bertz CT molecular complexity index is 314. The number of nitrogens with one attached hydrogen (secondary N) is 1. The molecule has 0 aliphatic carbocycles. The van der Waals surface area contributed by atoms with Gasteiger partial charge >= 0.3 is 0 Å². The SMILES string of the molecule is CCCNC1C(CN(CC)C(C)CC)C(C)(C)OC1(C)C. The van der Waals surface area contributed by atoms with Crippen LogP contribution >= 0.6 is 0 Å². The van der Waals surface area contributed by atoms with Crippen molar-refractivity contribution in [2.75, 3.05) is 19.6 Å². The molecule has 0 aromatic heterocycles. The van der Waals surface area contributed by atoms with E-state index in [1.165, 1.54) is 12.8 Å². The van der Waals surface area contributed by atoms with Gasteiger partial charge in [0.25, 0.3) is 0 Å². The maximum atomic E-state index is 6.43. The molecule has 0 amide bonds. The molecular formula is C18H38N2O. The third kappa shape index (κ3) is 4.43. The molecule has 0 aromatic carbocycles. The van der Waals surface area contributed by atoms with Gasteiger partial charge in [0.15, 0.2) is 0 Å². The average Bonchev–Trinajstić information content (AvgIpc) is 2.57. The molecule has 126 valence electrons. The Labute approximate surface area is 132 Å². The quantitative estimate of drug-likeness (QED) is 0.740. The van der Waals surface area contributed by atoms with Gasteiger partial charge in [0.2, 0.25) is 0 Å². The molecule has 0 bridgehead atoms. The Hall–Kier alpha value is -0.120. The summed E-state index contributed by atoms with van der Waals surface area (Å²) in [5.41, 5.74) is -0.173. The fourth-order valence-electron chi connectivity index (χ4n) is 3.85. The normalized spacial score (nSPS) is 29.0. The summed E-state index contributed by atoms with van der Waals surface area (Å²) in [7, 11) is 0. The first-order chi connectivity index (χ1) is 9.69. The molecule has 0 radical (unpaired) electrons. The van der Waals surface area contributed by atoms with Crippen LogP contribution in [0, 0.1) is 5.92 Å². The van der Waals surface area contributed by atoms with Crippen molar-refractivity contribution in [3.8, 4) is 0 Å². The molecule has 0 spiro atoms. The molecule has 1 rings (SSSR count). The van der Waals surface area contributed by atoms with Crippen molar-refractivity contribution in [3.63, 3.8) is 0 Å². The van der Waals surface area contributed by atoms with Crippen molar-refractivity contribution in [1.82, 2.24) is 10.2 Å². The Kier molecular flexibility index (Phi) is 6.70. The van der Waals surface area contributed by atoms with Crippen molar-refractivity contribution in [2.45, 2.75) is 91.5 Å². The van der Waals surface area contributed by atoms with Gasteiger partial charge < -0.3 is 15.0 Å². The summed E-state index contributed by atoms with van der Waals surface area (Å²) in [6.45, 7) is 21.4. The predicted octanol–water partition coefficient (Wildman–Crippen LogP) is 3.68. The lowest BCUT2D eigenvalue weighted by Gasteiger charge is -2.37. The standard InChI is InChI=1S/C18H38N2O/c1-9-12-19-16-15(13-20(11-3)14(4)10-2)17(5,6)21-18(16,7)8/h14-16,19H,9-13H2,1-8H3. The van der Waals surface area contributed by atoms with E-state index in [0.717, 1.165) is 19.6 Å². The highest BCUT2D eigenvalue weighted by Gasteiger charge is 2.53. The van der Waals surface area contributed by atoms with Gasteiger partial charge in [0, 0.05) is 24.5 Å². The monoisotopic (exact) mass is 298 g/mol. The van der Waals surface area contributed by atoms with Gasteiger partial charge in [-0.15, -0.1) is 0 Å². The second-order valence-electron chi connectivity index (χ2n) is 7.69. The van der Waals surface area contributed by atoms with Crippen LogP contribution < -0.4 is 5.32 Å². The number of hydrogen-bond acceptors (Lipinski definition) is 3. The summed E-state index contributed by atoms with van der Waals surface area (Å²) in [6.07, 6.45) is 2.38. The third-order valence-corrected chi connectivity index (χ3v) is 5.24. The molecule has 3 nitrogen and oxygen atoms in total. The smallest absolute Gasteiger partial charge is 0.0790 e. The third-order valence-electron chi connectivity index (χ3n) is 5.24. The van der Waals surface area contributed by atoms with Crippen LogP contribution in [-0.2, 0) is 4.74 Å². The van der Waals surface area contributed by atoms with E-state index in [2.05, 4.69) is 65.6 Å². The second kappa shape index (κ2) is 7.43. The first kappa shape index (κ1) is 18.9. The fourth-order valence-corrected chi connectivity index (χ4v) is 3.85. The highest BCUT2D eigenvalue weighted by molar-refractivity contribution is 5.06. The Balaban J connectivity index is 2.92. The zero-order valence-corrected chi connectivity index (χ0v) is 15.6. The summed E-state index contributed by atoms with van der Waals surface area (Å²) in [4.78, 5) is 2.61. The van der Waals surface area contributed by atoms with Gasteiger partial charge in [0.1, 0.15) is 0 Å². The molecule has 3 atom stereocenters. The van der Waals surface area contributed by atoms with Gasteiger partial charge in [-0.3, -0.25) is 0 Å². The van der Waals surface area contributed by atoms with Gasteiger partial charge in [-0.2, -0.15) is 0 Å². The summed E-state index contributed by atoms with van der Waals surface area (Å²) < 4.78 is 6.43. The van der Waals surface area contributed by atoms with Crippen LogP contribution in [0.3, 0.4) is 0 Å².